The van der Waals surface area contributed by atoms with Crippen molar-refractivity contribution in [1.29, 1.82) is 0 Å². The molecule has 3 rings (SSSR count). The Morgan fingerprint density at radius 3 is 2.60 bits per heavy atom. The van der Waals surface area contributed by atoms with Gasteiger partial charge in [-0.1, -0.05) is 11.3 Å². The number of methoxy groups -OCH3 is 1. The van der Waals surface area contributed by atoms with Crippen molar-refractivity contribution >= 4 is 5.69 Å². The molecule has 1 aromatic heterocycles. The highest BCUT2D eigenvalue weighted by molar-refractivity contribution is 5.62. The third-order valence-electron chi connectivity index (χ3n) is 3.05. The molecule has 2 aromatic carbocycles. The second-order valence-electron chi connectivity index (χ2n) is 4.35. The topological polar surface area (TPSA) is 66.0 Å². The van der Waals surface area contributed by atoms with Gasteiger partial charge < -0.3 is 10.5 Å². The molecule has 0 aliphatic rings. The van der Waals surface area contributed by atoms with Crippen LogP contribution < -0.4 is 10.5 Å². The number of benzene rings is 2. The average Bonchev–Trinajstić information content (AvgIpc) is 2.97. The van der Waals surface area contributed by atoms with Gasteiger partial charge in [-0.05, 0) is 42.5 Å². The summed E-state index contributed by atoms with van der Waals surface area (Å²) >= 11 is 0. The van der Waals surface area contributed by atoms with Gasteiger partial charge >= 0.3 is 0 Å². The van der Waals surface area contributed by atoms with Crippen LogP contribution in [0.3, 0.4) is 0 Å². The highest BCUT2D eigenvalue weighted by Gasteiger charge is 2.09. The van der Waals surface area contributed by atoms with Crippen molar-refractivity contribution in [2.24, 2.45) is 0 Å². The van der Waals surface area contributed by atoms with Crippen LogP contribution in [-0.4, -0.2) is 22.1 Å². The predicted molar refractivity (Wildman–Crippen MR) is 77.8 cm³/mol. The van der Waals surface area contributed by atoms with Crippen molar-refractivity contribution in [2.45, 2.75) is 0 Å². The molecule has 0 saturated carbocycles. The molecular weight excluding hydrogens is 252 g/mol. The van der Waals surface area contributed by atoms with Crippen LogP contribution >= 0.6 is 0 Å². The third kappa shape index (κ3) is 2.21. The van der Waals surface area contributed by atoms with Gasteiger partial charge in [0.15, 0.2) is 0 Å². The zero-order valence-electron chi connectivity index (χ0n) is 11.0. The SMILES string of the molecule is COc1ccc(-c2cnnn2-c2cccc(N)c2)cc1. The van der Waals surface area contributed by atoms with E-state index in [1.54, 1.807) is 18.0 Å². The Hall–Kier alpha value is -2.82. The monoisotopic (exact) mass is 266 g/mol. The molecule has 0 amide bonds. The van der Waals surface area contributed by atoms with Gasteiger partial charge in [0.1, 0.15) is 5.75 Å². The molecule has 3 aromatic rings. The first-order valence-corrected chi connectivity index (χ1v) is 6.19. The van der Waals surface area contributed by atoms with Crippen LogP contribution in [0.2, 0.25) is 0 Å². The fourth-order valence-electron chi connectivity index (χ4n) is 2.04. The fourth-order valence-corrected chi connectivity index (χ4v) is 2.04. The van der Waals surface area contributed by atoms with E-state index in [2.05, 4.69) is 10.3 Å². The molecule has 2 N–H and O–H groups in total. The highest BCUT2D eigenvalue weighted by Crippen LogP contribution is 2.24. The Bertz CT molecular complexity index is 719. The number of nitrogen functional groups attached to an aromatic ring is 1. The Balaban J connectivity index is 2.05. The molecule has 0 saturated heterocycles. The molecule has 0 bridgehead atoms. The lowest BCUT2D eigenvalue weighted by molar-refractivity contribution is 0.415. The molecule has 0 spiro atoms. The quantitative estimate of drug-likeness (QED) is 0.740. The van der Waals surface area contributed by atoms with E-state index in [9.17, 15) is 0 Å². The molecule has 0 radical (unpaired) electrons. The molecule has 100 valence electrons. The van der Waals surface area contributed by atoms with Crippen LogP contribution in [0, 0.1) is 0 Å². The van der Waals surface area contributed by atoms with Crippen molar-refractivity contribution in [1.82, 2.24) is 15.0 Å². The van der Waals surface area contributed by atoms with Gasteiger partial charge in [0.2, 0.25) is 0 Å². The number of rotatable bonds is 3. The predicted octanol–water partition coefficient (Wildman–Crippen LogP) is 2.53. The summed E-state index contributed by atoms with van der Waals surface area (Å²) in [7, 11) is 1.65. The Kier molecular flexibility index (Phi) is 3.09. The maximum absolute atomic E-state index is 5.81. The minimum absolute atomic E-state index is 0.693. The van der Waals surface area contributed by atoms with Gasteiger partial charge in [0, 0.05) is 11.3 Å². The van der Waals surface area contributed by atoms with E-state index in [-0.39, 0.29) is 0 Å². The van der Waals surface area contributed by atoms with Crippen LogP contribution in [-0.2, 0) is 0 Å². The largest absolute Gasteiger partial charge is 0.497 e. The van der Waals surface area contributed by atoms with E-state index in [1.807, 2.05) is 48.5 Å². The molecular formula is C15H14N4O. The van der Waals surface area contributed by atoms with Crippen LogP contribution in [0.15, 0.2) is 54.7 Å². The van der Waals surface area contributed by atoms with Crippen molar-refractivity contribution in [3.05, 3.63) is 54.7 Å². The first-order chi connectivity index (χ1) is 9.78. The number of nitrogens with two attached hydrogens (primary N) is 1. The third-order valence-corrected chi connectivity index (χ3v) is 3.05. The van der Waals surface area contributed by atoms with E-state index in [4.69, 9.17) is 10.5 Å². The minimum atomic E-state index is 0.693. The smallest absolute Gasteiger partial charge is 0.118 e. The molecule has 0 unspecified atom stereocenters. The first-order valence-electron chi connectivity index (χ1n) is 6.19. The van der Waals surface area contributed by atoms with Crippen LogP contribution in [0.1, 0.15) is 0 Å². The summed E-state index contributed by atoms with van der Waals surface area (Å²) in [5.41, 5.74) is 9.30. The van der Waals surface area contributed by atoms with E-state index < -0.39 is 0 Å². The number of nitrogens with zero attached hydrogens (tertiary/aromatic N) is 3. The zero-order chi connectivity index (χ0) is 13.9. The lowest BCUT2D eigenvalue weighted by atomic mass is 10.1. The lowest BCUT2D eigenvalue weighted by Gasteiger charge is -2.07. The summed E-state index contributed by atoms with van der Waals surface area (Å²) in [6, 6.07) is 15.3. The van der Waals surface area contributed by atoms with Gasteiger partial charge in [0.05, 0.1) is 24.7 Å². The standard InChI is InChI=1S/C15H14N4O/c1-20-14-7-5-11(6-8-14)15-10-17-18-19(15)13-4-2-3-12(16)9-13/h2-10H,16H2,1H3. The maximum atomic E-state index is 5.81. The van der Waals surface area contributed by atoms with Crippen molar-refractivity contribution in [3.8, 4) is 22.7 Å². The minimum Gasteiger partial charge on any atom is -0.497 e. The number of anilines is 1. The fraction of sp³-hybridized carbons (Fsp3) is 0.0667. The van der Waals surface area contributed by atoms with Crippen LogP contribution in [0.4, 0.5) is 5.69 Å². The molecule has 0 fully saturated rings. The van der Waals surface area contributed by atoms with Crippen molar-refractivity contribution < 1.29 is 4.74 Å². The van der Waals surface area contributed by atoms with E-state index in [1.165, 1.54) is 0 Å². The van der Waals surface area contributed by atoms with Gasteiger partial charge in [-0.15, -0.1) is 5.10 Å². The molecule has 5 heteroatoms. The molecule has 0 aliphatic carbocycles. The van der Waals surface area contributed by atoms with Gasteiger partial charge in [-0.2, -0.15) is 0 Å². The molecule has 5 nitrogen and oxygen atoms in total. The summed E-state index contributed by atoms with van der Waals surface area (Å²) in [6.07, 6.45) is 1.73. The molecule has 0 aliphatic heterocycles. The second-order valence-corrected chi connectivity index (χ2v) is 4.35. The summed E-state index contributed by atoms with van der Waals surface area (Å²) < 4.78 is 6.92. The number of ether oxygens (including phenoxy) is 1. The maximum Gasteiger partial charge on any atom is 0.118 e. The van der Waals surface area contributed by atoms with Gasteiger partial charge in [-0.3, -0.25) is 0 Å². The van der Waals surface area contributed by atoms with Crippen molar-refractivity contribution in [3.63, 3.8) is 0 Å². The summed E-state index contributed by atoms with van der Waals surface area (Å²) in [4.78, 5) is 0. The Labute approximate surface area is 116 Å². The van der Waals surface area contributed by atoms with E-state index in [0.717, 1.165) is 22.7 Å². The Morgan fingerprint density at radius 1 is 1.10 bits per heavy atom. The van der Waals surface area contributed by atoms with E-state index in [0.29, 0.717) is 5.69 Å². The first kappa shape index (κ1) is 12.2. The zero-order valence-corrected chi connectivity index (χ0v) is 11.0. The molecule has 1 heterocycles. The number of hydrogen-bond acceptors (Lipinski definition) is 4. The summed E-state index contributed by atoms with van der Waals surface area (Å²) in [5, 5.41) is 8.11. The number of hydrogen-bond donors (Lipinski definition) is 1. The summed E-state index contributed by atoms with van der Waals surface area (Å²) in [5.74, 6) is 0.816. The normalized spacial score (nSPS) is 10.4. The van der Waals surface area contributed by atoms with Gasteiger partial charge in [0.25, 0.3) is 0 Å². The lowest BCUT2D eigenvalue weighted by Crippen LogP contribution is -2.00. The van der Waals surface area contributed by atoms with Gasteiger partial charge in [-0.25, -0.2) is 4.68 Å². The average molecular weight is 266 g/mol. The number of aromatic nitrogens is 3. The highest BCUT2D eigenvalue weighted by atomic mass is 16.5. The van der Waals surface area contributed by atoms with Crippen LogP contribution in [0.25, 0.3) is 16.9 Å². The van der Waals surface area contributed by atoms with E-state index >= 15 is 0 Å². The van der Waals surface area contributed by atoms with Crippen LogP contribution in [0.5, 0.6) is 5.75 Å². The molecule has 20 heavy (non-hydrogen) atoms. The Morgan fingerprint density at radius 2 is 1.90 bits per heavy atom. The second kappa shape index (κ2) is 5.05. The van der Waals surface area contributed by atoms with Crippen molar-refractivity contribution in [2.75, 3.05) is 12.8 Å². The summed E-state index contributed by atoms with van der Waals surface area (Å²) in [6.45, 7) is 0. The molecule has 0 atom stereocenters.